The Bertz CT molecular complexity index is 1210. The number of aliphatic hydroxyl groups is 6. The molecule has 1 aliphatic heterocycles. The first kappa shape index (κ1) is 33.8. The fourth-order valence-corrected chi connectivity index (χ4v) is 12.1. The molecule has 0 aromatic heterocycles. The minimum atomic E-state index is -1.70. The molecule has 0 radical (unpaired) electrons. The molecule has 0 aromatic rings. The van der Waals surface area contributed by atoms with Gasteiger partial charge in [0.1, 0.15) is 29.8 Å². The molecule has 256 valence electrons. The molecule has 9 nitrogen and oxygen atoms in total. The summed E-state index contributed by atoms with van der Waals surface area (Å²) in [6.45, 7) is 15.5. The van der Waals surface area contributed by atoms with Gasteiger partial charge < -0.3 is 40.1 Å². The van der Waals surface area contributed by atoms with Gasteiger partial charge in [-0.25, -0.2) is 0 Å². The molecular weight excluding hydrogens is 576 g/mol. The lowest BCUT2D eigenvalue weighted by atomic mass is 9.33. The molecule has 0 amide bonds. The van der Waals surface area contributed by atoms with Crippen molar-refractivity contribution in [1.29, 1.82) is 0 Å². The number of aliphatic hydroxyl groups excluding tert-OH is 6. The Morgan fingerprint density at radius 1 is 0.844 bits per heavy atom. The van der Waals surface area contributed by atoms with Crippen molar-refractivity contribution >= 4 is 5.97 Å². The Hall–Kier alpha value is -1.07. The smallest absolute Gasteiger partial charge is 0.317 e. The van der Waals surface area contributed by atoms with Crippen molar-refractivity contribution < 1.29 is 44.9 Å². The van der Waals surface area contributed by atoms with E-state index < -0.39 is 54.8 Å². The number of hydrogen-bond donors (Lipinski definition) is 6. The highest BCUT2D eigenvalue weighted by Gasteiger charge is 2.71. The van der Waals surface area contributed by atoms with Gasteiger partial charge in [-0.05, 0) is 103 Å². The van der Waals surface area contributed by atoms with Crippen LogP contribution in [0.2, 0.25) is 0 Å². The molecule has 6 rings (SSSR count). The summed E-state index contributed by atoms with van der Waals surface area (Å²) in [4.78, 5) is 14.4. The van der Waals surface area contributed by atoms with Crippen LogP contribution in [0.4, 0.5) is 0 Å². The fraction of sp³-hybridized carbons (Fsp3) is 0.917. The van der Waals surface area contributed by atoms with E-state index in [1.165, 1.54) is 5.57 Å². The van der Waals surface area contributed by atoms with Gasteiger partial charge in [0.15, 0.2) is 0 Å². The largest absolute Gasteiger partial charge is 0.432 e. The Morgan fingerprint density at radius 2 is 1.53 bits per heavy atom. The molecule has 4 saturated carbocycles. The number of rotatable bonds is 3. The quantitative estimate of drug-likeness (QED) is 0.202. The van der Waals surface area contributed by atoms with Crippen LogP contribution in [-0.2, 0) is 14.3 Å². The molecule has 1 saturated heterocycles. The molecule has 0 spiro atoms. The van der Waals surface area contributed by atoms with Crippen LogP contribution >= 0.6 is 0 Å². The SMILES string of the molecule is CC1(C)CC[C@]2(C(=O)O[C@H]3OC(CO)[C@H](O)C(O)C3O)C(O)C[C@]3(C)C(=CC[C@@H]4[C@@]5(C)CC[C@H](O)C(C)(C)C5CC[C@]43C)[C@@H]2C1. The molecule has 9 heteroatoms. The average Bonchev–Trinajstić information content (AvgIpc) is 2.95. The normalized spacial score (nSPS) is 53.6. The molecule has 0 bridgehead atoms. The molecule has 5 fully saturated rings. The lowest BCUT2D eigenvalue weighted by Gasteiger charge is -2.71. The lowest BCUT2D eigenvalue weighted by Crippen LogP contribution is -2.68. The lowest BCUT2D eigenvalue weighted by molar-refractivity contribution is -0.299. The van der Waals surface area contributed by atoms with E-state index in [-0.39, 0.29) is 39.1 Å². The standard InChI is InChI=1S/C36H58O9/c1-31(2)14-15-36(30(43)45-29-28(42)27(41)26(40)21(18-37)44-29)20(16-31)19-8-9-23-33(5)12-11-24(38)32(3,4)22(33)10-13-34(23,6)35(19,7)17-25(36)39/h8,20-29,37-42H,9-18H2,1-7H3/t20-,21?,22?,23+,24-,25?,26-,27?,28?,29+,33-,34+,35+,36+/m0/s1. The van der Waals surface area contributed by atoms with Gasteiger partial charge in [-0.2, -0.15) is 0 Å². The van der Waals surface area contributed by atoms with Crippen LogP contribution in [0.3, 0.4) is 0 Å². The van der Waals surface area contributed by atoms with Crippen LogP contribution in [-0.4, -0.2) is 86.1 Å². The third kappa shape index (κ3) is 4.54. The van der Waals surface area contributed by atoms with Crippen molar-refractivity contribution in [3.8, 4) is 0 Å². The third-order valence-electron chi connectivity index (χ3n) is 15.1. The van der Waals surface area contributed by atoms with Gasteiger partial charge in [-0.15, -0.1) is 0 Å². The summed E-state index contributed by atoms with van der Waals surface area (Å²) in [7, 11) is 0. The molecule has 14 atom stereocenters. The van der Waals surface area contributed by atoms with Gasteiger partial charge in [-0.1, -0.05) is 60.1 Å². The van der Waals surface area contributed by atoms with Gasteiger partial charge >= 0.3 is 5.97 Å². The highest BCUT2D eigenvalue weighted by Crippen LogP contribution is 2.75. The van der Waals surface area contributed by atoms with Crippen molar-refractivity contribution in [3.63, 3.8) is 0 Å². The van der Waals surface area contributed by atoms with Crippen molar-refractivity contribution in [3.05, 3.63) is 11.6 Å². The van der Waals surface area contributed by atoms with Gasteiger partial charge in [0.05, 0.1) is 18.8 Å². The molecule has 5 aliphatic carbocycles. The fourth-order valence-electron chi connectivity index (χ4n) is 12.1. The predicted molar refractivity (Wildman–Crippen MR) is 166 cm³/mol. The molecule has 45 heavy (non-hydrogen) atoms. The second-order valence-electron chi connectivity index (χ2n) is 18.0. The number of hydrogen-bond acceptors (Lipinski definition) is 9. The van der Waals surface area contributed by atoms with Crippen molar-refractivity contribution in [1.82, 2.24) is 0 Å². The van der Waals surface area contributed by atoms with E-state index in [9.17, 15) is 35.4 Å². The highest BCUT2D eigenvalue weighted by atomic mass is 16.7. The predicted octanol–water partition coefficient (Wildman–Crippen LogP) is 3.46. The van der Waals surface area contributed by atoms with Crippen LogP contribution in [0.25, 0.3) is 0 Å². The number of esters is 1. The first-order valence-electron chi connectivity index (χ1n) is 17.4. The van der Waals surface area contributed by atoms with Gasteiger partial charge in [0.2, 0.25) is 6.29 Å². The van der Waals surface area contributed by atoms with Crippen LogP contribution in [0.5, 0.6) is 0 Å². The van der Waals surface area contributed by atoms with E-state index in [2.05, 4.69) is 54.5 Å². The Kier molecular flexibility index (Phi) is 8.05. The van der Waals surface area contributed by atoms with Crippen LogP contribution in [0, 0.1) is 50.2 Å². The number of allylic oxidation sites excluding steroid dienone is 2. The maximum atomic E-state index is 14.4. The minimum Gasteiger partial charge on any atom is -0.432 e. The minimum absolute atomic E-state index is 0.0497. The Labute approximate surface area is 268 Å². The van der Waals surface area contributed by atoms with E-state index in [1.807, 2.05) is 0 Å². The summed E-state index contributed by atoms with van der Waals surface area (Å²) in [5.41, 5.74) is -0.661. The summed E-state index contributed by atoms with van der Waals surface area (Å²) >= 11 is 0. The first-order chi connectivity index (χ1) is 20.8. The number of carbonyl (C=O) groups is 1. The second-order valence-corrected chi connectivity index (χ2v) is 18.0. The van der Waals surface area contributed by atoms with Crippen molar-refractivity contribution in [2.24, 2.45) is 50.2 Å². The number of fused-ring (bicyclic) bond motifs is 7. The number of carbonyl (C=O) groups excluding carboxylic acids is 1. The summed E-state index contributed by atoms with van der Waals surface area (Å²) in [5, 5.41) is 64.3. The van der Waals surface area contributed by atoms with Crippen LogP contribution in [0.1, 0.15) is 106 Å². The van der Waals surface area contributed by atoms with Gasteiger partial charge in [0, 0.05) is 0 Å². The average molecular weight is 635 g/mol. The zero-order chi connectivity index (χ0) is 33.1. The molecule has 0 aromatic carbocycles. The maximum absolute atomic E-state index is 14.4. The summed E-state index contributed by atoms with van der Waals surface area (Å²) in [5.74, 6) is -0.157. The summed E-state index contributed by atoms with van der Waals surface area (Å²) in [6, 6.07) is 0. The van der Waals surface area contributed by atoms with E-state index in [0.29, 0.717) is 37.5 Å². The summed E-state index contributed by atoms with van der Waals surface area (Å²) in [6.07, 6.45) is 0.341. The molecule has 6 aliphatic rings. The van der Waals surface area contributed by atoms with Crippen LogP contribution < -0.4 is 0 Å². The first-order valence-corrected chi connectivity index (χ1v) is 17.4. The topological polar surface area (TPSA) is 157 Å². The highest BCUT2D eigenvalue weighted by molar-refractivity contribution is 5.80. The van der Waals surface area contributed by atoms with Crippen LogP contribution in [0.15, 0.2) is 11.6 Å². The third-order valence-corrected chi connectivity index (χ3v) is 15.1. The molecule has 6 N–H and O–H groups in total. The Balaban J connectivity index is 1.38. The van der Waals surface area contributed by atoms with Crippen molar-refractivity contribution in [2.75, 3.05) is 6.61 Å². The molecule has 1 heterocycles. The van der Waals surface area contributed by atoms with Crippen molar-refractivity contribution in [2.45, 2.75) is 149 Å². The monoisotopic (exact) mass is 634 g/mol. The zero-order valence-corrected chi connectivity index (χ0v) is 28.3. The van der Waals surface area contributed by atoms with E-state index in [4.69, 9.17) is 9.47 Å². The van der Waals surface area contributed by atoms with E-state index in [1.54, 1.807) is 0 Å². The zero-order valence-electron chi connectivity index (χ0n) is 28.3. The Morgan fingerprint density at radius 3 is 2.20 bits per heavy atom. The summed E-state index contributed by atoms with van der Waals surface area (Å²) < 4.78 is 11.4. The second kappa shape index (κ2) is 10.7. The number of ether oxygens (including phenoxy) is 2. The molecular formula is C36H58O9. The molecule has 5 unspecified atom stereocenters. The van der Waals surface area contributed by atoms with E-state index in [0.717, 1.165) is 32.1 Å². The van der Waals surface area contributed by atoms with Gasteiger partial charge in [-0.3, -0.25) is 4.79 Å². The van der Waals surface area contributed by atoms with Gasteiger partial charge in [0.25, 0.3) is 0 Å². The maximum Gasteiger partial charge on any atom is 0.317 e. The van der Waals surface area contributed by atoms with E-state index >= 15 is 0 Å².